The predicted molar refractivity (Wildman–Crippen MR) is 72.3 cm³/mol. The van der Waals surface area contributed by atoms with Gasteiger partial charge in [0, 0.05) is 6.04 Å². The number of rotatable bonds is 6. The fraction of sp³-hybridized carbons (Fsp3) is 0.500. The summed E-state index contributed by atoms with van der Waals surface area (Å²) in [4.78, 5) is 11.4. The van der Waals surface area contributed by atoms with Gasteiger partial charge in [0.25, 0.3) is 0 Å². The van der Waals surface area contributed by atoms with Crippen molar-refractivity contribution >= 4 is 5.97 Å². The van der Waals surface area contributed by atoms with Gasteiger partial charge in [-0.1, -0.05) is 13.0 Å². The van der Waals surface area contributed by atoms with Crippen LogP contribution in [0.5, 0.6) is 11.5 Å². The fourth-order valence-electron chi connectivity index (χ4n) is 2.04. The molecule has 0 aliphatic rings. The second kappa shape index (κ2) is 6.99. The molecule has 0 heterocycles. The third kappa shape index (κ3) is 3.61. The van der Waals surface area contributed by atoms with E-state index in [0.29, 0.717) is 17.9 Å². The number of esters is 1. The van der Waals surface area contributed by atoms with Crippen molar-refractivity contribution in [1.82, 2.24) is 0 Å². The van der Waals surface area contributed by atoms with Gasteiger partial charge in [-0.05, 0) is 18.6 Å². The van der Waals surface area contributed by atoms with Gasteiger partial charge < -0.3 is 19.9 Å². The third-order valence-corrected chi connectivity index (χ3v) is 3.05. The van der Waals surface area contributed by atoms with Gasteiger partial charge in [0.05, 0.1) is 32.8 Å². The number of ether oxygens (including phenoxy) is 3. The zero-order valence-electron chi connectivity index (χ0n) is 11.8. The molecular weight excluding hydrogens is 246 g/mol. The molecule has 2 N–H and O–H groups in total. The smallest absolute Gasteiger partial charge is 0.308 e. The molecule has 0 aliphatic heterocycles. The zero-order valence-corrected chi connectivity index (χ0v) is 11.8. The van der Waals surface area contributed by atoms with Crippen LogP contribution in [0, 0.1) is 5.92 Å². The minimum Gasteiger partial charge on any atom is -0.496 e. The van der Waals surface area contributed by atoms with Gasteiger partial charge in [0.15, 0.2) is 0 Å². The van der Waals surface area contributed by atoms with Crippen LogP contribution < -0.4 is 15.2 Å². The highest BCUT2D eigenvalue weighted by Gasteiger charge is 2.23. The van der Waals surface area contributed by atoms with Crippen molar-refractivity contribution in [3.8, 4) is 11.5 Å². The number of benzene rings is 1. The number of carbonyl (C=O) groups is 1. The minimum atomic E-state index is -0.361. The lowest BCUT2D eigenvalue weighted by Crippen LogP contribution is -2.21. The summed E-state index contributed by atoms with van der Waals surface area (Å²) >= 11 is 0. The lowest BCUT2D eigenvalue weighted by molar-refractivity contribution is -0.145. The Bertz CT molecular complexity index is 411. The lowest BCUT2D eigenvalue weighted by atomic mass is 9.95. The first-order valence-electron chi connectivity index (χ1n) is 6.09. The lowest BCUT2D eigenvalue weighted by Gasteiger charge is -2.20. The van der Waals surface area contributed by atoms with Crippen LogP contribution in [0.2, 0.25) is 0 Å². The number of carbonyl (C=O) groups excluding carboxylic acids is 1. The molecule has 0 unspecified atom stereocenters. The molecule has 0 spiro atoms. The summed E-state index contributed by atoms with van der Waals surface area (Å²) in [6, 6.07) is 5.11. The highest BCUT2D eigenvalue weighted by molar-refractivity contribution is 5.71. The fourth-order valence-corrected chi connectivity index (χ4v) is 2.04. The van der Waals surface area contributed by atoms with Crippen LogP contribution in [0.4, 0.5) is 0 Å². The molecule has 0 aromatic heterocycles. The molecule has 19 heavy (non-hydrogen) atoms. The number of hydrogen-bond donors (Lipinski definition) is 1. The second-order valence-corrected chi connectivity index (χ2v) is 4.34. The number of methoxy groups -OCH3 is 3. The van der Waals surface area contributed by atoms with E-state index in [-0.39, 0.29) is 17.9 Å². The summed E-state index contributed by atoms with van der Waals surface area (Å²) in [5.41, 5.74) is 6.94. The Morgan fingerprint density at radius 1 is 1.21 bits per heavy atom. The molecule has 0 saturated carbocycles. The van der Waals surface area contributed by atoms with Crippen molar-refractivity contribution in [2.24, 2.45) is 11.7 Å². The summed E-state index contributed by atoms with van der Waals surface area (Å²) in [7, 11) is 4.53. The van der Waals surface area contributed by atoms with Crippen molar-refractivity contribution in [2.75, 3.05) is 21.3 Å². The topological polar surface area (TPSA) is 70.8 Å². The maximum Gasteiger partial charge on any atom is 0.308 e. The molecule has 5 nitrogen and oxygen atoms in total. The van der Waals surface area contributed by atoms with Gasteiger partial charge in [-0.3, -0.25) is 4.79 Å². The average molecular weight is 267 g/mol. The number of hydrogen-bond acceptors (Lipinski definition) is 5. The van der Waals surface area contributed by atoms with E-state index < -0.39 is 0 Å². The van der Waals surface area contributed by atoms with Crippen LogP contribution in [-0.4, -0.2) is 27.3 Å². The maximum absolute atomic E-state index is 11.4. The van der Waals surface area contributed by atoms with Gasteiger partial charge in [-0.15, -0.1) is 0 Å². The SMILES string of the molecule is COC(=O)[C@@H](C)C[C@H](N)c1c(OC)cccc1OC. The van der Waals surface area contributed by atoms with Gasteiger partial charge in [-0.2, -0.15) is 0 Å². The summed E-state index contributed by atoms with van der Waals surface area (Å²) < 4.78 is 15.3. The van der Waals surface area contributed by atoms with Crippen LogP contribution in [-0.2, 0) is 9.53 Å². The van der Waals surface area contributed by atoms with Gasteiger partial charge in [0.1, 0.15) is 11.5 Å². The average Bonchev–Trinajstić information content (AvgIpc) is 2.44. The van der Waals surface area contributed by atoms with Crippen LogP contribution >= 0.6 is 0 Å². The minimum absolute atomic E-state index is 0.274. The molecule has 1 aromatic rings. The van der Waals surface area contributed by atoms with Crippen LogP contribution in [0.3, 0.4) is 0 Å². The van der Waals surface area contributed by atoms with E-state index in [2.05, 4.69) is 0 Å². The maximum atomic E-state index is 11.4. The molecule has 0 radical (unpaired) electrons. The Morgan fingerprint density at radius 2 is 1.74 bits per heavy atom. The predicted octanol–water partition coefficient (Wildman–Crippen LogP) is 1.90. The second-order valence-electron chi connectivity index (χ2n) is 4.34. The molecule has 106 valence electrons. The van der Waals surface area contributed by atoms with Crippen molar-refractivity contribution in [1.29, 1.82) is 0 Å². The molecular formula is C14H21NO4. The summed E-state index contributed by atoms with van der Waals surface area (Å²) in [5.74, 6) is 0.756. The van der Waals surface area contributed by atoms with E-state index in [1.165, 1.54) is 7.11 Å². The highest BCUT2D eigenvalue weighted by Crippen LogP contribution is 2.35. The third-order valence-electron chi connectivity index (χ3n) is 3.05. The van der Waals surface area contributed by atoms with Gasteiger partial charge in [-0.25, -0.2) is 0 Å². The van der Waals surface area contributed by atoms with Crippen LogP contribution in [0.15, 0.2) is 18.2 Å². The summed E-state index contributed by atoms with van der Waals surface area (Å²) in [6.07, 6.45) is 0.462. The largest absolute Gasteiger partial charge is 0.496 e. The Balaban J connectivity index is 2.98. The van der Waals surface area contributed by atoms with E-state index in [0.717, 1.165) is 5.56 Å². The molecule has 0 saturated heterocycles. The molecule has 0 fully saturated rings. The van der Waals surface area contributed by atoms with Crippen LogP contribution in [0.1, 0.15) is 24.9 Å². The monoisotopic (exact) mass is 267 g/mol. The van der Waals surface area contributed by atoms with Crippen LogP contribution in [0.25, 0.3) is 0 Å². The molecule has 2 atom stereocenters. The van der Waals surface area contributed by atoms with E-state index in [4.69, 9.17) is 19.9 Å². The van der Waals surface area contributed by atoms with E-state index in [9.17, 15) is 4.79 Å². The summed E-state index contributed by atoms with van der Waals surface area (Å²) in [5, 5.41) is 0. The quantitative estimate of drug-likeness (QED) is 0.797. The zero-order chi connectivity index (χ0) is 14.4. The highest BCUT2D eigenvalue weighted by atomic mass is 16.5. The molecule has 1 aromatic carbocycles. The number of nitrogens with two attached hydrogens (primary N) is 1. The first kappa shape index (κ1) is 15.3. The Labute approximate surface area is 113 Å². The Kier molecular flexibility index (Phi) is 5.63. The molecule has 0 amide bonds. The van der Waals surface area contributed by atoms with Crippen molar-refractivity contribution < 1.29 is 19.0 Å². The van der Waals surface area contributed by atoms with Gasteiger partial charge >= 0.3 is 5.97 Å². The summed E-state index contributed by atoms with van der Waals surface area (Å²) in [6.45, 7) is 1.79. The first-order chi connectivity index (χ1) is 9.04. The standard InChI is InChI=1S/C14H21NO4/c1-9(14(16)19-4)8-10(15)13-11(17-2)6-5-7-12(13)18-3/h5-7,9-10H,8,15H2,1-4H3/t9-,10-/m0/s1. The van der Waals surface area contributed by atoms with E-state index in [1.807, 2.05) is 18.2 Å². The van der Waals surface area contributed by atoms with Crippen molar-refractivity contribution in [3.05, 3.63) is 23.8 Å². The molecule has 5 heteroatoms. The molecule has 0 bridgehead atoms. The van der Waals surface area contributed by atoms with E-state index >= 15 is 0 Å². The Hall–Kier alpha value is -1.75. The van der Waals surface area contributed by atoms with Crippen molar-refractivity contribution in [2.45, 2.75) is 19.4 Å². The normalized spacial score (nSPS) is 13.5. The van der Waals surface area contributed by atoms with Crippen molar-refractivity contribution in [3.63, 3.8) is 0 Å². The molecule has 1 rings (SSSR count). The van der Waals surface area contributed by atoms with Gasteiger partial charge in [0.2, 0.25) is 0 Å². The van der Waals surface area contributed by atoms with E-state index in [1.54, 1.807) is 21.1 Å². The first-order valence-corrected chi connectivity index (χ1v) is 6.09. The molecule has 0 aliphatic carbocycles. The Morgan fingerprint density at radius 3 is 2.16 bits per heavy atom.